The van der Waals surface area contributed by atoms with E-state index in [1.54, 1.807) is 0 Å². The van der Waals surface area contributed by atoms with Gasteiger partial charge in [-0.1, -0.05) is 125 Å². The van der Waals surface area contributed by atoms with E-state index in [0.29, 0.717) is 0 Å². The summed E-state index contributed by atoms with van der Waals surface area (Å²) < 4.78 is 14.2. The van der Waals surface area contributed by atoms with E-state index in [0.717, 1.165) is 22.3 Å². The lowest BCUT2D eigenvalue weighted by Crippen LogP contribution is -2.69. The van der Waals surface area contributed by atoms with E-state index in [9.17, 15) is 0 Å². The van der Waals surface area contributed by atoms with Gasteiger partial charge < -0.3 is 8.83 Å². The summed E-state index contributed by atoms with van der Waals surface area (Å²) in [5.41, 5.74) is 4.51. The molecule has 0 unspecified atom stereocenters. The molecule has 0 saturated heterocycles. The zero-order valence-electron chi connectivity index (χ0n) is 23.7. The summed E-state index contributed by atoms with van der Waals surface area (Å²) in [6, 6.07) is 27.7. The van der Waals surface area contributed by atoms with E-state index in [2.05, 4.69) is 125 Å². The number of benzene rings is 4. The van der Waals surface area contributed by atoms with Gasteiger partial charge in [-0.15, -0.1) is 0 Å². The topological polar surface area (TPSA) is 26.3 Å². The van der Waals surface area contributed by atoms with Crippen LogP contribution in [0.5, 0.6) is 0 Å². The molecule has 1 aliphatic rings. The number of furan rings is 2. The Morgan fingerprint density at radius 3 is 0.763 bits per heavy atom. The summed E-state index contributed by atoms with van der Waals surface area (Å²) in [5, 5.41) is 10.9. The molecule has 192 valence electrons. The van der Waals surface area contributed by atoms with Crippen molar-refractivity contribution >= 4 is 95.0 Å². The van der Waals surface area contributed by atoms with Crippen LogP contribution < -0.4 is 20.7 Å². The van der Waals surface area contributed by atoms with Crippen molar-refractivity contribution in [2.45, 2.75) is 52.4 Å². The van der Waals surface area contributed by atoms with Crippen molar-refractivity contribution in [1.29, 1.82) is 0 Å². The highest BCUT2D eigenvalue weighted by Crippen LogP contribution is 2.36. The van der Waals surface area contributed by atoms with E-state index < -0.39 is 30.4 Å². The van der Waals surface area contributed by atoms with Gasteiger partial charge >= 0.3 is 0 Å². The van der Waals surface area contributed by atoms with Gasteiger partial charge in [-0.3, -0.25) is 0 Å². The molecule has 4 aromatic carbocycles. The highest BCUT2D eigenvalue weighted by Gasteiger charge is 2.49. The molecule has 6 heteroatoms. The molecule has 7 rings (SSSR count). The quantitative estimate of drug-likeness (QED) is 0.185. The predicted octanol–water partition coefficient (Wildman–Crippen LogP) is 7.02. The third-order valence-corrected chi connectivity index (χ3v) is 46.1. The van der Waals surface area contributed by atoms with Crippen LogP contribution >= 0.6 is 0 Å². The zero-order chi connectivity index (χ0) is 26.8. The van der Waals surface area contributed by atoms with Crippen molar-refractivity contribution in [3.63, 3.8) is 0 Å². The molecular weight excluding hydrogens is 529 g/mol. The van der Waals surface area contributed by atoms with E-state index in [4.69, 9.17) is 8.83 Å². The maximum absolute atomic E-state index is 7.09. The molecule has 0 radical (unpaired) electrons. The average Bonchev–Trinajstić information content (AvgIpc) is 3.45. The van der Waals surface area contributed by atoms with Gasteiger partial charge in [-0.2, -0.15) is 0 Å². The second kappa shape index (κ2) is 7.50. The molecule has 0 N–H and O–H groups in total. The lowest BCUT2D eigenvalue weighted by molar-refractivity contribution is 0.672. The summed E-state index contributed by atoms with van der Waals surface area (Å²) in [5.74, 6) is 0. The number of hydrogen-bond acceptors (Lipinski definition) is 2. The van der Waals surface area contributed by atoms with Crippen molar-refractivity contribution in [2.24, 2.45) is 0 Å². The summed E-state index contributed by atoms with van der Waals surface area (Å²) in [6.07, 6.45) is 0. The van der Waals surface area contributed by atoms with Crippen molar-refractivity contribution < 1.29 is 8.83 Å². The van der Waals surface area contributed by atoms with Gasteiger partial charge in [0.15, 0.2) is 0 Å². The molecule has 4 bridgehead atoms. The van der Waals surface area contributed by atoms with Crippen LogP contribution in [-0.4, -0.2) is 30.4 Å². The lowest BCUT2D eigenvalue weighted by atomic mass is 10.1. The fourth-order valence-electron chi connectivity index (χ4n) is 6.96. The van der Waals surface area contributed by atoms with E-state index >= 15 is 0 Å². The van der Waals surface area contributed by atoms with Crippen LogP contribution in [0.1, 0.15) is 0 Å². The Labute approximate surface area is 228 Å². The average molecular weight is 565 g/mol. The number of para-hydroxylation sites is 4. The maximum Gasteiger partial charge on any atom is 0.134 e. The summed E-state index contributed by atoms with van der Waals surface area (Å²) in [7, 11) is -8.05. The normalized spacial score (nSPS) is 19.4. The Hall–Kier alpha value is -2.65. The minimum atomic E-state index is -2.01. The monoisotopic (exact) mass is 564 g/mol. The molecular formula is C32H36O2Si4. The highest BCUT2D eigenvalue weighted by molar-refractivity contribution is 7.51. The minimum Gasteiger partial charge on any atom is -0.456 e. The first-order valence-electron chi connectivity index (χ1n) is 13.8. The second-order valence-electron chi connectivity index (χ2n) is 13.4. The van der Waals surface area contributed by atoms with Crippen LogP contribution in [0.2, 0.25) is 52.4 Å². The third-order valence-electron chi connectivity index (χ3n) is 10.9. The van der Waals surface area contributed by atoms with Gasteiger partial charge in [0.05, 0.1) is 30.4 Å². The van der Waals surface area contributed by atoms with Crippen LogP contribution in [0, 0.1) is 0 Å². The first-order chi connectivity index (χ1) is 17.9. The summed E-state index contributed by atoms with van der Waals surface area (Å²) >= 11 is 0. The first-order valence-corrected chi connectivity index (χ1v) is 27.8. The fraction of sp³-hybridized carbons (Fsp3) is 0.250. The Bertz CT molecular complexity index is 1660. The molecule has 2 nitrogen and oxygen atoms in total. The third kappa shape index (κ3) is 2.81. The van der Waals surface area contributed by atoms with Gasteiger partial charge in [0, 0.05) is 21.5 Å². The molecule has 3 heterocycles. The maximum atomic E-state index is 7.09. The van der Waals surface area contributed by atoms with Gasteiger partial charge in [-0.05, 0) is 20.7 Å². The Kier molecular flexibility index (Phi) is 4.82. The predicted molar refractivity (Wildman–Crippen MR) is 176 cm³/mol. The largest absolute Gasteiger partial charge is 0.456 e. The van der Waals surface area contributed by atoms with Gasteiger partial charge in [0.1, 0.15) is 22.3 Å². The molecule has 2 aromatic heterocycles. The molecule has 0 spiro atoms. The molecule has 0 atom stereocenters. The number of hydrogen-bond donors (Lipinski definition) is 0. The first kappa shape index (κ1) is 24.4. The zero-order valence-corrected chi connectivity index (χ0v) is 27.7. The van der Waals surface area contributed by atoms with Crippen molar-refractivity contribution in [2.75, 3.05) is 0 Å². The Morgan fingerprint density at radius 2 is 0.553 bits per heavy atom. The Morgan fingerprint density at radius 1 is 0.342 bits per heavy atom. The number of rotatable bonds is 0. The van der Waals surface area contributed by atoms with E-state index in [-0.39, 0.29) is 0 Å². The highest BCUT2D eigenvalue weighted by atomic mass is 29.3. The van der Waals surface area contributed by atoms with E-state index in [1.165, 1.54) is 42.3 Å². The molecule has 0 amide bonds. The molecule has 0 fully saturated rings. The van der Waals surface area contributed by atoms with Crippen LogP contribution in [0.15, 0.2) is 81.6 Å². The molecule has 0 saturated carbocycles. The molecule has 0 aliphatic carbocycles. The van der Waals surface area contributed by atoms with Crippen molar-refractivity contribution in [3.05, 3.63) is 72.8 Å². The van der Waals surface area contributed by atoms with Gasteiger partial charge in [0.25, 0.3) is 0 Å². The number of fused-ring (bicyclic) bond motifs is 2. The summed E-state index contributed by atoms with van der Waals surface area (Å²) in [6.45, 7) is 20.5. The lowest BCUT2D eigenvalue weighted by Gasteiger charge is -2.39. The van der Waals surface area contributed by atoms with Crippen LogP contribution in [-0.2, 0) is 0 Å². The molecule has 6 aromatic rings. The van der Waals surface area contributed by atoms with Crippen molar-refractivity contribution in [1.82, 2.24) is 0 Å². The molecule has 38 heavy (non-hydrogen) atoms. The standard InChI is InChI=1S/C32H36O2Si4/c1-35(2)25-17-9-13-21-22-15-11-19-27(31(22)33-29(21)25)37(5,6)38(7,8)28-20-12-16-24-23-14-10-18-26(36(35,3)4)30(23)34-32(24)28/h9-20H,1-8H3. The fourth-order valence-corrected chi connectivity index (χ4v) is 25.2. The van der Waals surface area contributed by atoms with Crippen LogP contribution in [0.3, 0.4) is 0 Å². The molecule has 1 aliphatic heterocycles. The van der Waals surface area contributed by atoms with Gasteiger partial charge in [-0.25, -0.2) is 0 Å². The summed E-state index contributed by atoms with van der Waals surface area (Å²) in [4.78, 5) is 0. The second-order valence-corrected chi connectivity index (χ2v) is 43.6. The van der Waals surface area contributed by atoms with Gasteiger partial charge in [0.2, 0.25) is 0 Å². The van der Waals surface area contributed by atoms with Crippen molar-refractivity contribution in [3.8, 4) is 0 Å². The van der Waals surface area contributed by atoms with Crippen LogP contribution in [0.4, 0.5) is 0 Å². The minimum absolute atomic E-state index is 1.13. The van der Waals surface area contributed by atoms with E-state index in [1.807, 2.05) is 0 Å². The SMILES string of the molecule is C[Si]1(C)c2cccc3c2oc2c(cccc23)[Si](C)(C)[Si](C)(C)c2cccc3c2oc2c(cccc23)[Si]1(C)C. The van der Waals surface area contributed by atoms with Crippen LogP contribution in [0.25, 0.3) is 43.9 Å². The smallest absolute Gasteiger partial charge is 0.134 e. The Balaban J connectivity index is 1.74.